The van der Waals surface area contributed by atoms with Crippen molar-refractivity contribution in [1.82, 2.24) is 5.32 Å². The molecule has 2 rings (SSSR count). The third-order valence-electron chi connectivity index (χ3n) is 3.24. The number of carbonyl (C=O) groups excluding carboxylic acids is 1. The Bertz CT molecular complexity index is 742. The molecule has 0 aromatic heterocycles. The average Bonchev–Trinajstić information content (AvgIpc) is 2.56. The van der Waals surface area contributed by atoms with Crippen LogP contribution in [-0.2, 0) is 11.2 Å². The maximum absolute atomic E-state index is 12.1. The molecule has 0 heterocycles. The van der Waals surface area contributed by atoms with Crippen molar-refractivity contribution in [1.29, 1.82) is 0 Å². The number of para-hydroxylation sites is 1. The number of nitrogens with two attached hydrogens (primary N) is 2. The predicted molar refractivity (Wildman–Crippen MR) is 90.9 cm³/mol. The summed E-state index contributed by atoms with van der Waals surface area (Å²) in [6.45, 7) is 0. The zero-order chi connectivity index (χ0) is 17.5. The minimum atomic E-state index is -1.07. The first kappa shape index (κ1) is 17.2. The number of carboxylic acids is 1. The van der Waals surface area contributed by atoms with Gasteiger partial charge < -0.3 is 16.6 Å². The van der Waals surface area contributed by atoms with Crippen LogP contribution in [0.2, 0.25) is 0 Å². The number of guanidine groups is 1. The van der Waals surface area contributed by atoms with E-state index >= 15 is 0 Å². The van der Waals surface area contributed by atoms with E-state index in [1.807, 2.05) is 18.2 Å². The van der Waals surface area contributed by atoms with Crippen LogP contribution in [0, 0.1) is 0 Å². The van der Waals surface area contributed by atoms with E-state index in [1.165, 1.54) is 0 Å². The normalized spacial score (nSPS) is 12.5. The molecule has 0 bridgehead atoms. The van der Waals surface area contributed by atoms with Crippen molar-refractivity contribution < 1.29 is 14.7 Å². The number of rotatable bonds is 5. The molecule has 2 aromatic carbocycles. The quantitative estimate of drug-likeness (QED) is 0.481. The Labute approximate surface area is 139 Å². The topological polar surface area (TPSA) is 131 Å². The average molecular weight is 326 g/mol. The molecule has 0 aliphatic rings. The molecular formula is C17H18N4O3. The molecular weight excluding hydrogens is 308 g/mol. The van der Waals surface area contributed by atoms with Crippen LogP contribution >= 0.6 is 0 Å². The highest BCUT2D eigenvalue weighted by atomic mass is 16.4. The Balaban J connectivity index is 2.00. The molecule has 0 spiro atoms. The van der Waals surface area contributed by atoms with Gasteiger partial charge in [0.15, 0.2) is 0 Å². The lowest BCUT2D eigenvalue weighted by atomic mass is 10.0. The maximum atomic E-state index is 12.1. The molecule has 1 unspecified atom stereocenters. The van der Waals surface area contributed by atoms with Crippen LogP contribution in [0.15, 0.2) is 59.6 Å². The van der Waals surface area contributed by atoms with Gasteiger partial charge >= 0.3 is 5.97 Å². The molecule has 1 atom stereocenters. The van der Waals surface area contributed by atoms with E-state index in [-0.39, 0.29) is 12.4 Å². The third kappa shape index (κ3) is 4.92. The van der Waals surface area contributed by atoms with E-state index < -0.39 is 17.9 Å². The van der Waals surface area contributed by atoms with Gasteiger partial charge in [-0.15, -0.1) is 0 Å². The summed E-state index contributed by atoms with van der Waals surface area (Å²) in [5, 5.41) is 11.3. The van der Waals surface area contributed by atoms with E-state index in [0.717, 1.165) is 5.56 Å². The third-order valence-corrected chi connectivity index (χ3v) is 3.24. The summed E-state index contributed by atoms with van der Waals surface area (Å²) in [5.41, 5.74) is 12.9. The van der Waals surface area contributed by atoms with E-state index in [2.05, 4.69) is 10.3 Å². The molecule has 0 aliphatic heterocycles. The molecule has 0 radical (unpaired) electrons. The SMILES string of the molecule is NC(=Nc1ccccc1)NC(=O)c1ccc(CC(N)C(=O)O)cc1. The Morgan fingerprint density at radius 3 is 2.29 bits per heavy atom. The highest BCUT2D eigenvalue weighted by Gasteiger charge is 2.13. The van der Waals surface area contributed by atoms with Gasteiger partial charge in [0, 0.05) is 5.56 Å². The van der Waals surface area contributed by atoms with Crippen LogP contribution in [0.25, 0.3) is 0 Å². The van der Waals surface area contributed by atoms with Crippen LogP contribution in [0.4, 0.5) is 5.69 Å². The van der Waals surface area contributed by atoms with Crippen LogP contribution < -0.4 is 16.8 Å². The van der Waals surface area contributed by atoms with Gasteiger partial charge in [-0.3, -0.25) is 14.9 Å². The highest BCUT2D eigenvalue weighted by molar-refractivity contribution is 6.05. The fourth-order valence-electron chi connectivity index (χ4n) is 1.99. The number of nitrogens with zero attached hydrogens (tertiary/aromatic N) is 1. The van der Waals surface area contributed by atoms with E-state index in [0.29, 0.717) is 11.3 Å². The van der Waals surface area contributed by atoms with Crippen LogP contribution in [0.5, 0.6) is 0 Å². The van der Waals surface area contributed by atoms with Crippen molar-refractivity contribution >= 4 is 23.5 Å². The standard InChI is InChI=1S/C17H18N4O3/c18-14(16(23)24)10-11-6-8-12(9-7-11)15(22)21-17(19)20-13-4-2-1-3-5-13/h1-9,14H,10,18H2,(H,23,24)(H3,19,20,21,22). The molecule has 24 heavy (non-hydrogen) atoms. The second-order valence-corrected chi connectivity index (χ2v) is 5.13. The first-order valence-corrected chi connectivity index (χ1v) is 7.23. The zero-order valence-electron chi connectivity index (χ0n) is 12.8. The lowest BCUT2D eigenvalue weighted by molar-refractivity contribution is -0.138. The second kappa shape index (κ2) is 7.89. The summed E-state index contributed by atoms with van der Waals surface area (Å²) >= 11 is 0. The molecule has 0 fully saturated rings. The molecule has 7 nitrogen and oxygen atoms in total. The van der Waals surface area contributed by atoms with Gasteiger partial charge in [-0.05, 0) is 36.2 Å². The predicted octanol–water partition coefficient (Wildman–Crippen LogP) is 1.02. The first-order chi connectivity index (χ1) is 11.5. The van der Waals surface area contributed by atoms with Gasteiger partial charge in [-0.2, -0.15) is 0 Å². The number of amides is 1. The number of aliphatic imine (C=N–C) groups is 1. The minimum Gasteiger partial charge on any atom is -0.480 e. The number of carboxylic acid groups (broad SMARTS) is 1. The summed E-state index contributed by atoms with van der Waals surface area (Å²) in [6.07, 6.45) is 0.189. The number of nitrogens with one attached hydrogen (secondary N) is 1. The summed E-state index contributed by atoms with van der Waals surface area (Å²) in [6, 6.07) is 14.5. The van der Waals surface area contributed by atoms with Crippen molar-refractivity contribution in [3.8, 4) is 0 Å². The number of aliphatic carboxylic acids is 1. The molecule has 0 saturated carbocycles. The summed E-state index contributed by atoms with van der Waals surface area (Å²) in [4.78, 5) is 26.9. The number of hydrogen-bond donors (Lipinski definition) is 4. The number of hydrogen-bond acceptors (Lipinski definition) is 4. The molecule has 0 saturated heterocycles. The Morgan fingerprint density at radius 2 is 1.71 bits per heavy atom. The lowest BCUT2D eigenvalue weighted by Gasteiger charge is -2.08. The van der Waals surface area contributed by atoms with Gasteiger partial charge in [0.05, 0.1) is 5.69 Å². The smallest absolute Gasteiger partial charge is 0.320 e. The summed E-state index contributed by atoms with van der Waals surface area (Å²) in [5.74, 6) is -1.48. The van der Waals surface area contributed by atoms with E-state index in [1.54, 1.807) is 36.4 Å². The highest BCUT2D eigenvalue weighted by Crippen LogP contribution is 2.09. The summed E-state index contributed by atoms with van der Waals surface area (Å²) < 4.78 is 0. The molecule has 124 valence electrons. The van der Waals surface area contributed by atoms with Crippen molar-refractivity contribution in [3.05, 3.63) is 65.7 Å². The molecule has 6 N–H and O–H groups in total. The molecule has 7 heteroatoms. The lowest BCUT2D eigenvalue weighted by Crippen LogP contribution is -2.36. The van der Waals surface area contributed by atoms with Gasteiger partial charge in [0.2, 0.25) is 5.96 Å². The first-order valence-electron chi connectivity index (χ1n) is 7.23. The maximum Gasteiger partial charge on any atom is 0.320 e. The number of carbonyl (C=O) groups is 2. The Hall–Kier alpha value is -3.19. The largest absolute Gasteiger partial charge is 0.480 e. The van der Waals surface area contributed by atoms with Crippen molar-refractivity contribution in [2.45, 2.75) is 12.5 Å². The monoisotopic (exact) mass is 326 g/mol. The van der Waals surface area contributed by atoms with Crippen LogP contribution in [-0.4, -0.2) is 29.0 Å². The van der Waals surface area contributed by atoms with Gasteiger partial charge in [0.1, 0.15) is 6.04 Å². The van der Waals surface area contributed by atoms with Gasteiger partial charge in [-0.1, -0.05) is 30.3 Å². The zero-order valence-corrected chi connectivity index (χ0v) is 12.8. The second-order valence-electron chi connectivity index (χ2n) is 5.13. The number of benzene rings is 2. The van der Waals surface area contributed by atoms with Gasteiger partial charge in [-0.25, -0.2) is 4.99 Å². The summed E-state index contributed by atoms with van der Waals surface area (Å²) in [7, 11) is 0. The van der Waals surface area contributed by atoms with E-state index in [4.69, 9.17) is 16.6 Å². The van der Waals surface area contributed by atoms with E-state index in [9.17, 15) is 9.59 Å². The molecule has 0 aliphatic carbocycles. The fourth-order valence-corrected chi connectivity index (χ4v) is 1.99. The Kier molecular flexibility index (Phi) is 5.64. The van der Waals surface area contributed by atoms with Crippen LogP contribution in [0.3, 0.4) is 0 Å². The van der Waals surface area contributed by atoms with Crippen molar-refractivity contribution in [2.24, 2.45) is 16.5 Å². The Morgan fingerprint density at radius 1 is 1.08 bits per heavy atom. The van der Waals surface area contributed by atoms with Crippen molar-refractivity contribution in [3.63, 3.8) is 0 Å². The van der Waals surface area contributed by atoms with Gasteiger partial charge in [0.25, 0.3) is 5.91 Å². The molecule has 1 amide bonds. The van der Waals surface area contributed by atoms with Crippen molar-refractivity contribution in [2.75, 3.05) is 0 Å². The van der Waals surface area contributed by atoms with Crippen LogP contribution in [0.1, 0.15) is 15.9 Å². The fraction of sp³-hybridized carbons (Fsp3) is 0.118. The molecule has 2 aromatic rings. The minimum absolute atomic E-state index is 0.0109.